The van der Waals surface area contributed by atoms with E-state index in [-0.39, 0.29) is 24.4 Å². The van der Waals surface area contributed by atoms with Crippen molar-refractivity contribution >= 4 is 40.9 Å². The van der Waals surface area contributed by atoms with Crippen molar-refractivity contribution in [1.29, 1.82) is 0 Å². The van der Waals surface area contributed by atoms with Gasteiger partial charge in [-0.1, -0.05) is 0 Å². The Morgan fingerprint density at radius 1 is 1.44 bits per heavy atom. The molecule has 1 saturated heterocycles. The molecule has 0 bridgehead atoms. The molecule has 1 heterocycles. The first-order valence-corrected chi connectivity index (χ1v) is 6.96. The Hall–Kier alpha value is -0.330. The molecule has 18 heavy (non-hydrogen) atoms. The summed E-state index contributed by atoms with van der Waals surface area (Å²) in [6.07, 6.45) is 1.02. The predicted molar refractivity (Wildman–Crippen MR) is 84.1 cm³/mol. The first-order chi connectivity index (χ1) is 8.08. The fourth-order valence-electron chi connectivity index (χ4n) is 2.18. The summed E-state index contributed by atoms with van der Waals surface area (Å²) < 4.78 is 1.15. The van der Waals surface area contributed by atoms with Gasteiger partial charge in [0, 0.05) is 28.3 Å². The number of amides is 1. The van der Waals surface area contributed by atoms with Gasteiger partial charge in [0.15, 0.2) is 0 Å². The van der Waals surface area contributed by atoms with Gasteiger partial charge in [0.2, 0.25) is 0 Å². The van der Waals surface area contributed by atoms with E-state index < -0.39 is 0 Å². The fourth-order valence-corrected chi connectivity index (χ4v) is 2.54. The summed E-state index contributed by atoms with van der Waals surface area (Å²) in [6.45, 7) is 3.64. The first-order valence-electron chi connectivity index (χ1n) is 5.88. The fraction of sp³-hybridized carbons (Fsp3) is 0.462. The van der Waals surface area contributed by atoms with Crippen molar-refractivity contribution in [2.24, 2.45) is 11.7 Å². The standard InChI is InChI=1S/C13H17IN2O.ClH/c1-9(15)11-6-7-16(8-11)13(17)10-2-4-12(14)5-3-10;/h2-5,9,11H,6-8,15H2,1H3;1H. The third-order valence-electron chi connectivity index (χ3n) is 3.35. The second-order valence-corrected chi connectivity index (χ2v) is 5.91. The van der Waals surface area contributed by atoms with Gasteiger partial charge in [-0.3, -0.25) is 4.79 Å². The maximum atomic E-state index is 12.2. The molecule has 0 aliphatic carbocycles. The van der Waals surface area contributed by atoms with Crippen LogP contribution in [-0.2, 0) is 0 Å². The monoisotopic (exact) mass is 380 g/mol. The lowest BCUT2D eigenvalue weighted by Gasteiger charge is -2.18. The molecule has 0 saturated carbocycles. The van der Waals surface area contributed by atoms with E-state index in [9.17, 15) is 4.79 Å². The van der Waals surface area contributed by atoms with Crippen molar-refractivity contribution in [2.45, 2.75) is 19.4 Å². The van der Waals surface area contributed by atoms with Gasteiger partial charge < -0.3 is 10.6 Å². The van der Waals surface area contributed by atoms with Gasteiger partial charge in [-0.25, -0.2) is 0 Å². The molecular formula is C13H18ClIN2O. The van der Waals surface area contributed by atoms with Crippen molar-refractivity contribution in [3.63, 3.8) is 0 Å². The van der Waals surface area contributed by atoms with Crippen LogP contribution in [0.3, 0.4) is 0 Å². The molecule has 1 aliphatic heterocycles. The Labute approximate surface area is 128 Å². The Kier molecular flexibility index (Phi) is 5.88. The second kappa shape index (κ2) is 6.73. The summed E-state index contributed by atoms with van der Waals surface area (Å²) in [7, 11) is 0. The minimum atomic E-state index is 0. The highest BCUT2D eigenvalue weighted by Crippen LogP contribution is 2.21. The second-order valence-electron chi connectivity index (χ2n) is 4.67. The zero-order chi connectivity index (χ0) is 12.4. The molecule has 1 aromatic rings. The third-order valence-corrected chi connectivity index (χ3v) is 4.07. The number of rotatable bonds is 2. The van der Waals surface area contributed by atoms with Gasteiger partial charge in [0.05, 0.1) is 0 Å². The number of likely N-dealkylation sites (tertiary alicyclic amines) is 1. The van der Waals surface area contributed by atoms with E-state index in [1.54, 1.807) is 0 Å². The number of hydrogen-bond donors (Lipinski definition) is 1. The average molecular weight is 381 g/mol. The van der Waals surface area contributed by atoms with Crippen molar-refractivity contribution in [3.05, 3.63) is 33.4 Å². The summed E-state index contributed by atoms with van der Waals surface area (Å²) in [4.78, 5) is 14.1. The SMILES string of the molecule is CC(N)C1CCN(C(=O)c2ccc(I)cc2)C1.Cl. The van der Waals surface area contributed by atoms with Crippen LogP contribution >= 0.6 is 35.0 Å². The van der Waals surface area contributed by atoms with Crippen LogP contribution in [0.25, 0.3) is 0 Å². The maximum absolute atomic E-state index is 12.2. The predicted octanol–water partition coefficient (Wildman–Crippen LogP) is 2.52. The summed E-state index contributed by atoms with van der Waals surface area (Å²) in [5.41, 5.74) is 6.65. The summed E-state index contributed by atoms with van der Waals surface area (Å²) >= 11 is 2.24. The molecule has 2 atom stereocenters. The lowest BCUT2D eigenvalue weighted by atomic mass is 10.0. The van der Waals surface area contributed by atoms with Crippen molar-refractivity contribution in [1.82, 2.24) is 4.90 Å². The molecule has 100 valence electrons. The molecular weight excluding hydrogens is 363 g/mol. The summed E-state index contributed by atoms with van der Waals surface area (Å²) in [5.74, 6) is 0.576. The van der Waals surface area contributed by atoms with Gasteiger partial charge in [0.1, 0.15) is 0 Å². The van der Waals surface area contributed by atoms with Gasteiger partial charge >= 0.3 is 0 Å². The molecule has 0 aromatic heterocycles. The molecule has 2 N–H and O–H groups in total. The zero-order valence-corrected chi connectivity index (χ0v) is 13.3. The van der Waals surface area contributed by atoms with Crippen molar-refractivity contribution < 1.29 is 4.79 Å². The van der Waals surface area contributed by atoms with Crippen molar-refractivity contribution in [2.75, 3.05) is 13.1 Å². The van der Waals surface area contributed by atoms with E-state index in [0.29, 0.717) is 5.92 Å². The van der Waals surface area contributed by atoms with E-state index >= 15 is 0 Å². The Bertz CT molecular complexity index is 408. The lowest BCUT2D eigenvalue weighted by Crippen LogP contribution is -2.32. The average Bonchev–Trinajstić information content (AvgIpc) is 2.78. The number of benzene rings is 1. The van der Waals surface area contributed by atoms with Crippen LogP contribution in [0.1, 0.15) is 23.7 Å². The number of carbonyl (C=O) groups excluding carboxylic acids is 1. The number of nitrogens with zero attached hydrogens (tertiary/aromatic N) is 1. The van der Waals surface area contributed by atoms with E-state index in [1.807, 2.05) is 36.1 Å². The topological polar surface area (TPSA) is 46.3 Å². The van der Waals surface area contributed by atoms with Crippen LogP contribution in [0.2, 0.25) is 0 Å². The molecule has 5 heteroatoms. The smallest absolute Gasteiger partial charge is 0.253 e. The minimum absolute atomic E-state index is 0. The minimum Gasteiger partial charge on any atom is -0.338 e. The van der Waals surface area contributed by atoms with Gasteiger partial charge in [-0.15, -0.1) is 12.4 Å². The first kappa shape index (κ1) is 15.7. The molecule has 3 nitrogen and oxygen atoms in total. The molecule has 2 unspecified atom stereocenters. The maximum Gasteiger partial charge on any atom is 0.253 e. The van der Waals surface area contributed by atoms with Crippen LogP contribution in [0, 0.1) is 9.49 Å². The Balaban J connectivity index is 0.00000162. The Morgan fingerprint density at radius 3 is 2.56 bits per heavy atom. The van der Waals surface area contributed by atoms with E-state index in [1.165, 1.54) is 0 Å². The highest BCUT2D eigenvalue weighted by molar-refractivity contribution is 14.1. The molecule has 0 radical (unpaired) electrons. The largest absolute Gasteiger partial charge is 0.338 e. The molecule has 0 spiro atoms. The highest BCUT2D eigenvalue weighted by Gasteiger charge is 2.28. The quantitative estimate of drug-likeness (QED) is 0.802. The van der Waals surface area contributed by atoms with Crippen LogP contribution in [0.4, 0.5) is 0 Å². The van der Waals surface area contributed by atoms with Crippen LogP contribution in [0.15, 0.2) is 24.3 Å². The van der Waals surface area contributed by atoms with Crippen LogP contribution in [-0.4, -0.2) is 29.9 Å². The molecule has 1 fully saturated rings. The van der Waals surface area contributed by atoms with E-state index in [4.69, 9.17) is 5.73 Å². The van der Waals surface area contributed by atoms with Gasteiger partial charge in [0.25, 0.3) is 5.91 Å². The summed E-state index contributed by atoms with van der Waals surface area (Å²) in [6, 6.07) is 7.89. The molecule has 1 aliphatic rings. The van der Waals surface area contributed by atoms with Gasteiger partial charge in [-0.2, -0.15) is 0 Å². The number of hydrogen-bond acceptors (Lipinski definition) is 2. The van der Waals surface area contributed by atoms with E-state index in [0.717, 1.165) is 28.6 Å². The molecule has 1 aromatic carbocycles. The Morgan fingerprint density at radius 2 is 2.06 bits per heavy atom. The zero-order valence-electron chi connectivity index (χ0n) is 10.3. The molecule has 2 rings (SSSR count). The van der Waals surface area contributed by atoms with Crippen LogP contribution in [0.5, 0.6) is 0 Å². The number of nitrogens with two attached hydrogens (primary N) is 1. The van der Waals surface area contributed by atoms with Crippen molar-refractivity contribution in [3.8, 4) is 0 Å². The summed E-state index contributed by atoms with van der Waals surface area (Å²) in [5, 5.41) is 0. The number of halogens is 2. The van der Waals surface area contributed by atoms with E-state index in [2.05, 4.69) is 22.6 Å². The third kappa shape index (κ3) is 3.59. The number of carbonyl (C=O) groups is 1. The van der Waals surface area contributed by atoms with Crippen LogP contribution < -0.4 is 5.73 Å². The van der Waals surface area contributed by atoms with Gasteiger partial charge in [-0.05, 0) is 66.1 Å². The lowest BCUT2D eigenvalue weighted by molar-refractivity contribution is 0.0786. The molecule has 1 amide bonds. The normalized spacial score (nSPS) is 20.4. The highest BCUT2D eigenvalue weighted by atomic mass is 127.